The van der Waals surface area contributed by atoms with Crippen molar-refractivity contribution in [2.45, 2.75) is 19.4 Å². The Balaban J connectivity index is 2.97. The van der Waals surface area contributed by atoms with Gasteiger partial charge in [0, 0.05) is 6.04 Å². The van der Waals surface area contributed by atoms with E-state index in [-0.39, 0.29) is 12.5 Å². The quantitative estimate of drug-likeness (QED) is 0.735. The lowest BCUT2D eigenvalue weighted by atomic mass is 10.00. The van der Waals surface area contributed by atoms with Crippen molar-refractivity contribution in [1.82, 2.24) is 0 Å². The zero-order valence-electron chi connectivity index (χ0n) is 7.53. The first kappa shape index (κ1) is 9.74. The van der Waals surface area contributed by atoms with Crippen LogP contribution in [0.5, 0.6) is 0 Å². The molecule has 70 valence electrons. The Morgan fingerprint density at radius 2 is 2.15 bits per heavy atom. The summed E-state index contributed by atoms with van der Waals surface area (Å²) in [6.07, 6.45) is 0.0394. The minimum atomic E-state index is -0.826. The molecule has 3 heteroatoms. The highest BCUT2D eigenvalue weighted by molar-refractivity contribution is 5.70. The number of carboxylic acid groups (broad SMARTS) is 1. The van der Waals surface area contributed by atoms with Gasteiger partial charge in [0.15, 0.2) is 0 Å². The van der Waals surface area contributed by atoms with Crippen molar-refractivity contribution in [1.29, 1.82) is 0 Å². The van der Waals surface area contributed by atoms with Gasteiger partial charge in [-0.05, 0) is 18.1 Å². The molecule has 1 aromatic carbocycles. The van der Waals surface area contributed by atoms with Crippen LogP contribution in [-0.2, 0) is 11.2 Å². The SMILES string of the molecule is CC(N)c1ccccc1CC(=O)O. The maximum Gasteiger partial charge on any atom is 0.307 e. The molecule has 0 aromatic heterocycles. The number of nitrogens with two attached hydrogens (primary N) is 1. The first-order chi connectivity index (χ1) is 6.11. The predicted molar refractivity (Wildman–Crippen MR) is 50.4 cm³/mol. The van der Waals surface area contributed by atoms with Crippen LogP contribution < -0.4 is 5.73 Å². The Morgan fingerprint density at radius 1 is 1.54 bits per heavy atom. The molecule has 0 heterocycles. The molecule has 3 nitrogen and oxygen atoms in total. The van der Waals surface area contributed by atoms with Crippen molar-refractivity contribution in [3.05, 3.63) is 35.4 Å². The summed E-state index contributed by atoms with van der Waals surface area (Å²) in [6.45, 7) is 1.85. The predicted octanol–water partition coefficient (Wildman–Crippen LogP) is 1.33. The van der Waals surface area contributed by atoms with E-state index in [2.05, 4.69) is 0 Å². The second-order valence-electron chi connectivity index (χ2n) is 3.06. The molecular weight excluding hydrogens is 166 g/mol. The molecule has 0 radical (unpaired) electrons. The van der Waals surface area contributed by atoms with E-state index in [1.54, 1.807) is 6.07 Å². The molecule has 0 fully saturated rings. The van der Waals surface area contributed by atoms with Gasteiger partial charge in [-0.15, -0.1) is 0 Å². The zero-order chi connectivity index (χ0) is 9.84. The lowest BCUT2D eigenvalue weighted by Crippen LogP contribution is -2.10. The first-order valence-corrected chi connectivity index (χ1v) is 4.16. The van der Waals surface area contributed by atoms with Gasteiger partial charge in [-0.3, -0.25) is 4.79 Å². The summed E-state index contributed by atoms with van der Waals surface area (Å²) >= 11 is 0. The van der Waals surface area contributed by atoms with Gasteiger partial charge in [0.05, 0.1) is 6.42 Å². The number of hydrogen-bond acceptors (Lipinski definition) is 2. The van der Waals surface area contributed by atoms with E-state index < -0.39 is 5.97 Å². The normalized spacial score (nSPS) is 12.5. The molecule has 1 atom stereocenters. The van der Waals surface area contributed by atoms with Gasteiger partial charge in [0.1, 0.15) is 0 Å². The maximum atomic E-state index is 10.5. The number of rotatable bonds is 3. The molecule has 0 amide bonds. The van der Waals surface area contributed by atoms with E-state index >= 15 is 0 Å². The Hall–Kier alpha value is -1.35. The van der Waals surface area contributed by atoms with Crippen LogP contribution in [0.15, 0.2) is 24.3 Å². The first-order valence-electron chi connectivity index (χ1n) is 4.16. The third-order valence-corrected chi connectivity index (χ3v) is 1.89. The molecule has 1 aromatic rings. The van der Waals surface area contributed by atoms with Crippen molar-refractivity contribution < 1.29 is 9.90 Å². The van der Waals surface area contributed by atoms with Crippen LogP contribution in [0.2, 0.25) is 0 Å². The Morgan fingerprint density at radius 3 is 2.69 bits per heavy atom. The van der Waals surface area contributed by atoms with Gasteiger partial charge in [-0.1, -0.05) is 24.3 Å². The highest BCUT2D eigenvalue weighted by Gasteiger charge is 2.08. The summed E-state index contributed by atoms with van der Waals surface area (Å²) in [6, 6.07) is 7.24. The summed E-state index contributed by atoms with van der Waals surface area (Å²) in [5, 5.41) is 8.63. The highest BCUT2D eigenvalue weighted by atomic mass is 16.4. The third-order valence-electron chi connectivity index (χ3n) is 1.89. The third kappa shape index (κ3) is 2.56. The number of benzene rings is 1. The minimum Gasteiger partial charge on any atom is -0.481 e. The lowest BCUT2D eigenvalue weighted by molar-refractivity contribution is -0.136. The van der Waals surface area contributed by atoms with E-state index in [0.29, 0.717) is 0 Å². The van der Waals surface area contributed by atoms with Crippen molar-refractivity contribution in [3.8, 4) is 0 Å². The molecule has 13 heavy (non-hydrogen) atoms. The van der Waals surface area contributed by atoms with Crippen LogP contribution in [-0.4, -0.2) is 11.1 Å². The van der Waals surface area contributed by atoms with Gasteiger partial charge >= 0.3 is 5.97 Å². The molecule has 1 rings (SSSR count). The fourth-order valence-corrected chi connectivity index (χ4v) is 1.30. The van der Waals surface area contributed by atoms with Gasteiger partial charge in [0.2, 0.25) is 0 Å². The smallest absolute Gasteiger partial charge is 0.307 e. The highest BCUT2D eigenvalue weighted by Crippen LogP contribution is 2.15. The summed E-state index contributed by atoms with van der Waals surface area (Å²) in [7, 11) is 0. The molecule has 0 saturated carbocycles. The van der Waals surface area contributed by atoms with Crippen molar-refractivity contribution in [2.24, 2.45) is 5.73 Å². The number of carbonyl (C=O) groups is 1. The average Bonchev–Trinajstić information content (AvgIpc) is 2.03. The summed E-state index contributed by atoms with van der Waals surface area (Å²) < 4.78 is 0. The molecule has 3 N–H and O–H groups in total. The molecule has 0 aliphatic heterocycles. The standard InChI is InChI=1S/C10H13NO2/c1-7(11)9-5-3-2-4-8(9)6-10(12)13/h2-5,7H,6,11H2,1H3,(H,12,13). The molecule has 0 bridgehead atoms. The Labute approximate surface area is 77.2 Å². The van der Waals surface area contributed by atoms with E-state index in [4.69, 9.17) is 10.8 Å². The van der Waals surface area contributed by atoms with E-state index in [0.717, 1.165) is 11.1 Å². The van der Waals surface area contributed by atoms with Gasteiger partial charge in [0.25, 0.3) is 0 Å². The van der Waals surface area contributed by atoms with Gasteiger partial charge in [-0.2, -0.15) is 0 Å². The van der Waals surface area contributed by atoms with E-state index in [1.165, 1.54) is 0 Å². The Bertz CT molecular complexity index is 308. The summed E-state index contributed by atoms with van der Waals surface area (Å²) in [5.41, 5.74) is 7.40. The van der Waals surface area contributed by atoms with Crippen LogP contribution in [0.3, 0.4) is 0 Å². The zero-order valence-corrected chi connectivity index (χ0v) is 7.53. The Kier molecular flexibility index (Phi) is 3.03. The minimum absolute atomic E-state index is 0.0394. The van der Waals surface area contributed by atoms with Gasteiger partial charge in [-0.25, -0.2) is 0 Å². The van der Waals surface area contributed by atoms with Crippen LogP contribution in [0.25, 0.3) is 0 Å². The molecule has 0 aliphatic carbocycles. The van der Waals surface area contributed by atoms with E-state index in [9.17, 15) is 4.79 Å². The fraction of sp³-hybridized carbons (Fsp3) is 0.300. The van der Waals surface area contributed by atoms with E-state index in [1.807, 2.05) is 25.1 Å². The van der Waals surface area contributed by atoms with Crippen LogP contribution in [0.4, 0.5) is 0 Å². The average molecular weight is 179 g/mol. The number of aliphatic carboxylic acids is 1. The maximum absolute atomic E-state index is 10.5. The largest absolute Gasteiger partial charge is 0.481 e. The fourth-order valence-electron chi connectivity index (χ4n) is 1.30. The molecule has 0 aliphatic rings. The topological polar surface area (TPSA) is 63.3 Å². The molecule has 1 unspecified atom stereocenters. The second kappa shape index (κ2) is 4.05. The molecule has 0 saturated heterocycles. The summed E-state index contributed by atoms with van der Waals surface area (Å²) in [5.74, 6) is -0.826. The van der Waals surface area contributed by atoms with Crippen molar-refractivity contribution >= 4 is 5.97 Å². The van der Waals surface area contributed by atoms with Crippen molar-refractivity contribution in [2.75, 3.05) is 0 Å². The number of carboxylic acids is 1. The monoisotopic (exact) mass is 179 g/mol. The van der Waals surface area contributed by atoms with Crippen molar-refractivity contribution in [3.63, 3.8) is 0 Å². The summed E-state index contributed by atoms with van der Waals surface area (Å²) in [4.78, 5) is 10.5. The molecular formula is C10H13NO2. The molecule has 0 spiro atoms. The van der Waals surface area contributed by atoms with Crippen LogP contribution >= 0.6 is 0 Å². The van der Waals surface area contributed by atoms with Crippen LogP contribution in [0.1, 0.15) is 24.1 Å². The lowest BCUT2D eigenvalue weighted by Gasteiger charge is -2.10. The van der Waals surface area contributed by atoms with Gasteiger partial charge < -0.3 is 10.8 Å². The number of hydrogen-bond donors (Lipinski definition) is 2. The van der Waals surface area contributed by atoms with Crippen LogP contribution in [0, 0.1) is 0 Å². The second-order valence-corrected chi connectivity index (χ2v) is 3.06.